The maximum atomic E-state index is 11.7. The van der Waals surface area contributed by atoms with E-state index in [4.69, 9.17) is 16.3 Å². The number of hydrogen-bond acceptors (Lipinski definition) is 5. The summed E-state index contributed by atoms with van der Waals surface area (Å²) < 4.78 is 5.22. The molecule has 0 aliphatic carbocycles. The number of nitrogens with one attached hydrogen (secondary N) is 1. The lowest BCUT2D eigenvalue weighted by Gasteiger charge is -2.06. The molecular formula is C16H16ClNO4S. The van der Waals surface area contributed by atoms with Gasteiger partial charge in [-0.15, -0.1) is 0 Å². The zero-order chi connectivity index (χ0) is 16.8. The molecule has 1 aliphatic rings. The number of benzene rings is 1. The van der Waals surface area contributed by atoms with Gasteiger partial charge >= 0.3 is 5.97 Å². The van der Waals surface area contributed by atoms with Crippen molar-refractivity contribution in [2.75, 3.05) is 0 Å². The summed E-state index contributed by atoms with van der Waals surface area (Å²) in [6.45, 7) is 2.06. The first-order valence-corrected chi connectivity index (χ1v) is 8.44. The van der Waals surface area contributed by atoms with Crippen LogP contribution in [0.3, 0.4) is 0 Å². The molecule has 0 unspecified atom stereocenters. The molecule has 0 aromatic heterocycles. The second-order valence-corrected chi connectivity index (χ2v) is 6.39. The molecular weight excluding hydrogens is 338 g/mol. The molecule has 0 radical (unpaired) electrons. The van der Waals surface area contributed by atoms with Crippen molar-refractivity contribution in [1.29, 1.82) is 0 Å². The van der Waals surface area contributed by atoms with Gasteiger partial charge in [-0.1, -0.05) is 31.4 Å². The SMILES string of the molecule is CCCCCC(=O)Oc1ccc(/C=C2\SC(=O)NC2=O)c(Cl)c1. The summed E-state index contributed by atoms with van der Waals surface area (Å²) in [5.74, 6) is -0.377. The van der Waals surface area contributed by atoms with Crippen molar-refractivity contribution in [3.05, 3.63) is 33.7 Å². The number of carbonyl (C=O) groups excluding carboxylic acids is 3. The molecule has 0 spiro atoms. The number of amides is 2. The van der Waals surface area contributed by atoms with Gasteiger partial charge in [0, 0.05) is 12.5 Å². The minimum Gasteiger partial charge on any atom is -0.426 e. The van der Waals surface area contributed by atoms with E-state index in [9.17, 15) is 14.4 Å². The molecule has 23 heavy (non-hydrogen) atoms. The first-order valence-electron chi connectivity index (χ1n) is 7.24. The highest BCUT2D eigenvalue weighted by molar-refractivity contribution is 8.18. The summed E-state index contributed by atoms with van der Waals surface area (Å²) in [4.78, 5) is 34.6. The van der Waals surface area contributed by atoms with Gasteiger partial charge < -0.3 is 4.74 Å². The molecule has 2 rings (SSSR count). The molecule has 2 amide bonds. The van der Waals surface area contributed by atoms with Crippen LogP contribution < -0.4 is 10.1 Å². The molecule has 1 heterocycles. The highest BCUT2D eigenvalue weighted by Gasteiger charge is 2.25. The van der Waals surface area contributed by atoms with Crippen molar-refractivity contribution in [2.45, 2.75) is 32.6 Å². The van der Waals surface area contributed by atoms with E-state index in [0.29, 0.717) is 22.8 Å². The van der Waals surface area contributed by atoms with E-state index >= 15 is 0 Å². The van der Waals surface area contributed by atoms with Crippen LogP contribution in [0.2, 0.25) is 5.02 Å². The Hall–Kier alpha value is -1.79. The third-order valence-electron chi connectivity index (χ3n) is 3.12. The fraction of sp³-hybridized carbons (Fsp3) is 0.312. The number of halogens is 1. The molecule has 1 fully saturated rings. The molecule has 1 aromatic rings. The Labute approximate surface area is 143 Å². The van der Waals surface area contributed by atoms with Gasteiger partial charge in [-0.05, 0) is 42.0 Å². The van der Waals surface area contributed by atoms with Gasteiger partial charge in [0.15, 0.2) is 0 Å². The maximum absolute atomic E-state index is 11.7. The summed E-state index contributed by atoms with van der Waals surface area (Å²) in [5, 5.41) is 2.10. The lowest BCUT2D eigenvalue weighted by molar-refractivity contribution is -0.134. The second-order valence-electron chi connectivity index (χ2n) is 4.97. The Kier molecular flexibility index (Phi) is 6.24. The van der Waals surface area contributed by atoms with Crippen molar-refractivity contribution in [1.82, 2.24) is 5.32 Å². The smallest absolute Gasteiger partial charge is 0.311 e. The molecule has 5 nitrogen and oxygen atoms in total. The Morgan fingerprint density at radius 1 is 1.35 bits per heavy atom. The standard InChI is InChI=1S/C16H16ClNO4S/c1-2-3-4-5-14(19)22-11-7-6-10(12(17)9-11)8-13-15(20)18-16(21)23-13/h6-9H,2-5H2,1H3,(H,18,20,21)/b13-8-. The maximum Gasteiger partial charge on any atom is 0.311 e. The minimum absolute atomic E-state index is 0.279. The zero-order valence-corrected chi connectivity index (χ0v) is 14.1. The van der Waals surface area contributed by atoms with Gasteiger partial charge in [-0.25, -0.2) is 0 Å². The van der Waals surface area contributed by atoms with Crippen molar-refractivity contribution in [3.63, 3.8) is 0 Å². The van der Waals surface area contributed by atoms with Crippen LogP contribution in [0.15, 0.2) is 23.1 Å². The summed E-state index contributed by atoms with van der Waals surface area (Å²) in [6.07, 6.45) is 4.72. The molecule has 122 valence electrons. The quantitative estimate of drug-likeness (QED) is 0.360. The number of ether oxygens (including phenoxy) is 1. The number of rotatable bonds is 6. The third-order valence-corrected chi connectivity index (χ3v) is 4.25. The Balaban J connectivity index is 2.03. The number of carbonyl (C=O) groups is 3. The first kappa shape index (κ1) is 17.6. The van der Waals surface area contributed by atoms with Gasteiger partial charge in [-0.3, -0.25) is 19.7 Å². The predicted octanol–water partition coefficient (Wildman–Crippen LogP) is 4.15. The van der Waals surface area contributed by atoms with Crippen LogP contribution in [0.25, 0.3) is 6.08 Å². The van der Waals surface area contributed by atoms with E-state index in [1.165, 1.54) is 12.1 Å². The van der Waals surface area contributed by atoms with E-state index in [1.807, 2.05) is 0 Å². The van der Waals surface area contributed by atoms with E-state index in [0.717, 1.165) is 31.0 Å². The Morgan fingerprint density at radius 3 is 2.74 bits per heavy atom. The number of thioether (sulfide) groups is 1. The van der Waals surface area contributed by atoms with Gasteiger partial charge in [0.25, 0.3) is 11.1 Å². The van der Waals surface area contributed by atoms with Crippen LogP contribution in [0.5, 0.6) is 5.75 Å². The van der Waals surface area contributed by atoms with Gasteiger partial charge in [-0.2, -0.15) is 0 Å². The zero-order valence-electron chi connectivity index (χ0n) is 12.6. The summed E-state index contributed by atoms with van der Waals surface area (Å²) in [7, 11) is 0. The summed E-state index contributed by atoms with van der Waals surface area (Å²) >= 11 is 6.96. The first-order chi connectivity index (χ1) is 11.0. The molecule has 0 bridgehead atoms. The lowest BCUT2D eigenvalue weighted by atomic mass is 10.2. The Bertz CT molecular complexity index is 672. The molecule has 1 aromatic carbocycles. The van der Waals surface area contributed by atoms with Crippen LogP contribution in [-0.2, 0) is 9.59 Å². The largest absolute Gasteiger partial charge is 0.426 e. The van der Waals surface area contributed by atoms with Crippen molar-refractivity contribution in [2.24, 2.45) is 0 Å². The van der Waals surface area contributed by atoms with Crippen molar-refractivity contribution in [3.8, 4) is 5.75 Å². The minimum atomic E-state index is -0.442. The topological polar surface area (TPSA) is 72.5 Å². The number of imide groups is 1. The highest BCUT2D eigenvalue weighted by atomic mass is 35.5. The monoisotopic (exact) mass is 353 g/mol. The summed E-state index contributed by atoms with van der Waals surface area (Å²) in [6, 6.07) is 4.76. The Morgan fingerprint density at radius 2 is 2.13 bits per heavy atom. The van der Waals surface area contributed by atoms with E-state index in [1.54, 1.807) is 12.1 Å². The normalized spacial score (nSPS) is 15.8. The predicted molar refractivity (Wildman–Crippen MR) is 90.3 cm³/mol. The van der Waals surface area contributed by atoms with E-state index in [-0.39, 0.29) is 10.9 Å². The van der Waals surface area contributed by atoms with Gasteiger partial charge in [0.2, 0.25) is 0 Å². The van der Waals surface area contributed by atoms with Crippen molar-refractivity contribution >= 4 is 46.6 Å². The number of unbranched alkanes of at least 4 members (excludes halogenated alkanes) is 2. The molecule has 0 atom stereocenters. The lowest BCUT2D eigenvalue weighted by Crippen LogP contribution is -2.17. The van der Waals surface area contributed by atoms with Crippen LogP contribution in [0.1, 0.15) is 38.2 Å². The van der Waals surface area contributed by atoms with E-state index < -0.39 is 11.1 Å². The number of hydrogen-bond donors (Lipinski definition) is 1. The molecule has 0 saturated carbocycles. The molecule has 1 saturated heterocycles. The van der Waals surface area contributed by atoms with Crippen LogP contribution in [0.4, 0.5) is 4.79 Å². The van der Waals surface area contributed by atoms with Gasteiger partial charge in [0.05, 0.1) is 9.93 Å². The third kappa shape index (κ3) is 5.11. The number of esters is 1. The summed E-state index contributed by atoms with van der Waals surface area (Å²) in [5.41, 5.74) is 0.574. The average Bonchev–Trinajstić information content (AvgIpc) is 2.80. The fourth-order valence-corrected chi connectivity index (χ4v) is 2.85. The van der Waals surface area contributed by atoms with Crippen molar-refractivity contribution < 1.29 is 19.1 Å². The molecule has 7 heteroatoms. The van der Waals surface area contributed by atoms with Crippen LogP contribution >= 0.6 is 23.4 Å². The highest BCUT2D eigenvalue weighted by Crippen LogP contribution is 2.30. The molecule has 1 aliphatic heterocycles. The average molecular weight is 354 g/mol. The fourth-order valence-electron chi connectivity index (χ4n) is 1.95. The van der Waals surface area contributed by atoms with Crippen LogP contribution in [0, 0.1) is 0 Å². The van der Waals surface area contributed by atoms with Gasteiger partial charge in [0.1, 0.15) is 5.75 Å². The van der Waals surface area contributed by atoms with Crippen LogP contribution in [-0.4, -0.2) is 17.1 Å². The van der Waals surface area contributed by atoms with E-state index in [2.05, 4.69) is 12.2 Å². The molecule has 1 N–H and O–H groups in total. The second kappa shape index (κ2) is 8.17.